The second kappa shape index (κ2) is 5.94. The van der Waals surface area contributed by atoms with Crippen molar-refractivity contribution in [2.75, 3.05) is 0 Å². The van der Waals surface area contributed by atoms with E-state index in [-0.39, 0.29) is 6.10 Å². The standard InChI is InChI=1S/C15H21ClO2/c1-10-3-6-13(7-4-10)18-15-8-5-12(16)9-14(15)11(2)17/h5,8-11,13,17H,3-4,6-7H2,1-2H3/t10?,11-,13?/m1/s1. The van der Waals surface area contributed by atoms with Crippen LogP contribution < -0.4 is 4.74 Å². The average molecular weight is 269 g/mol. The van der Waals surface area contributed by atoms with Crippen molar-refractivity contribution >= 4 is 11.6 Å². The zero-order valence-corrected chi connectivity index (χ0v) is 11.8. The molecule has 1 fully saturated rings. The van der Waals surface area contributed by atoms with Gasteiger partial charge in [0, 0.05) is 10.6 Å². The van der Waals surface area contributed by atoms with Crippen molar-refractivity contribution in [3.63, 3.8) is 0 Å². The van der Waals surface area contributed by atoms with Gasteiger partial charge in [-0.15, -0.1) is 0 Å². The van der Waals surface area contributed by atoms with E-state index in [2.05, 4.69) is 6.92 Å². The quantitative estimate of drug-likeness (QED) is 0.883. The van der Waals surface area contributed by atoms with Gasteiger partial charge in [-0.2, -0.15) is 0 Å². The van der Waals surface area contributed by atoms with Gasteiger partial charge in [-0.25, -0.2) is 0 Å². The third-order valence-electron chi connectivity index (χ3n) is 3.68. The van der Waals surface area contributed by atoms with E-state index in [4.69, 9.17) is 16.3 Å². The van der Waals surface area contributed by atoms with Crippen LogP contribution in [0.4, 0.5) is 0 Å². The Morgan fingerprint density at radius 2 is 1.94 bits per heavy atom. The average Bonchev–Trinajstić information content (AvgIpc) is 2.34. The van der Waals surface area contributed by atoms with Crippen molar-refractivity contribution in [1.82, 2.24) is 0 Å². The van der Waals surface area contributed by atoms with Crippen LogP contribution in [0.15, 0.2) is 18.2 Å². The molecule has 2 nitrogen and oxygen atoms in total. The van der Waals surface area contributed by atoms with E-state index in [1.165, 1.54) is 12.8 Å². The molecule has 0 radical (unpaired) electrons. The molecule has 1 aliphatic carbocycles. The number of hydrogen-bond donors (Lipinski definition) is 1. The van der Waals surface area contributed by atoms with Crippen molar-refractivity contribution < 1.29 is 9.84 Å². The van der Waals surface area contributed by atoms with Gasteiger partial charge in [0.15, 0.2) is 0 Å². The molecule has 1 aliphatic rings. The lowest BCUT2D eigenvalue weighted by Gasteiger charge is -2.28. The van der Waals surface area contributed by atoms with Gasteiger partial charge in [0.05, 0.1) is 12.2 Å². The van der Waals surface area contributed by atoms with E-state index >= 15 is 0 Å². The van der Waals surface area contributed by atoms with Crippen LogP contribution in [0, 0.1) is 5.92 Å². The second-order valence-electron chi connectivity index (χ2n) is 5.36. The first-order valence-electron chi connectivity index (χ1n) is 6.70. The van der Waals surface area contributed by atoms with Crippen LogP contribution in [0.5, 0.6) is 5.75 Å². The Morgan fingerprint density at radius 3 is 2.56 bits per heavy atom. The summed E-state index contributed by atoms with van der Waals surface area (Å²) in [5.74, 6) is 1.58. The zero-order valence-electron chi connectivity index (χ0n) is 11.0. The summed E-state index contributed by atoms with van der Waals surface area (Å²) in [6.07, 6.45) is 4.37. The van der Waals surface area contributed by atoms with Gasteiger partial charge in [-0.1, -0.05) is 18.5 Å². The maximum Gasteiger partial charge on any atom is 0.125 e. The Hall–Kier alpha value is -0.730. The molecule has 2 rings (SSSR count). The molecule has 1 aromatic rings. The molecule has 3 heteroatoms. The highest BCUT2D eigenvalue weighted by atomic mass is 35.5. The molecule has 0 heterocycles. The summed E-state index contributed by atoms with van der Waals surface area (Å²) in [6, 6.07) is 5.46. The highest BCUT2D eigenvalue weighted by Crippen LogP contribution is 2.32. The number of hydrogen-bond acceptors (Lipinski definition) is 2. The molecule has 0 aliphatic heterocycles. The van der Waals surface area contributed by atoms with Crippen molar-refractivity contribution in [3.05, 3.63) is 28.8 Å². The Labute approximate surface area is 114 Å². The van der Waals surface area contributed by atoms with Crippen LogP contribution in [0.3, 0.4) is 0 Å². The third-order valence-corrected chi connectivity index (χ3v) is 3.91. The molecule has 0 saturated heterocycles. The fourth-order valence-electron chi connectivity index (χ4n) is 2.48. The molecule has 1 aromatic carbocycles. The minimum atomic E-state index is -0.554. The minimum Gasteiger partial charge on any atom is -0.490 e. The molecular weight excluding hydrogens is 248 g/mol. The normalized spacial score (nSPS) is 25.8. The van der Waals surface area contributed by atoms with Crippen molar-refractivity contribution in [2.45, 2.75) is 51.7 Å². The highest BCUT2D eigenvalue weighted by molar-refractivity contribution is 6.30. The summed E-state index contributed by atoms with van der Waals surface area (Å²) >= 11 is 5.96. The van der Waals surface area contributed by atoms with Crippen LogP contribution in [-0.2, 0) is 0 Å². The van der Waals surface area contributed by atoms with Gasteiger partial charge in [-0.3, -0.25) is 0 Å². The summed E-state index contributed by atoms with van der Waals surface area (Å²) in [5, 5.41) is 10.4. The van der Waals surface area contributed by atoms with Crippen LogP contribution in [-0.4, -0.2) is 11.2 Å². The van der Waals surface area contributed by atoms with E-state index in [1.807, 2.05) is 12.1 Å². The summed E-state index contributed by atoms with van der Waals surface area (Å²) in [5.41, 5.74) is 0.779. The smallest absolute Gasteiger partial charge is 0.125 e. The van der Waals surface area contributed by atoms with E-state index < -0.39 is 6.10 Å². The number of halogens is 1. The Bertz CT molecular complexity index is 395. The molecule has 0 amide bonds. The minimum absolute atomic E-state index is 0.278. The van der Waals surface area contributed by atoms with Gasteiger partial charge in [0.25, 0.3) is 0 Å². The van der Waals surface area contributed by atoms with Crippen LogP contribution in [0.2, 0.25) is 5.02 Å². The predicted molar refractivity (Wildman–Crippen MR) is 74.1 cm³/mol. The lowest BCUT2D eigenvalue weighted by Crippen LogP contribution is -2.23. The lowest BCUT2D eigenvalue weighted by molar-refractivity contribution is 0.126. The monoisotopic (exact) mass is 268 g/mol. The lowest BCUT2D eigenvalue weighted by atomic mass is 9.89. The van der Waals surface area contributed by atoms with Gasteiger partial charge >= 0.3 is 0 Å². The molecule has 0 spiro atoms. The molecule has 0 aromatic heterocycles. The summed E-state index contributed by atoms with van der Waals surface area (Å²) in [6.45, 7) is 4.03. The third kappa shape index (κ3) is 3.39. The zero-order chi connectivity index (χ0) is 13.1. The van der Waals surface area contributed by atoms with Crippen molar-refractivity contribution in [2.24, 2.45) is 5.92 Å². The Kier molecular flexibility index (Phi) is 4.52. The molecule has 1 atom stereocenters. The Morgan fingerprint density at radius 1 is 1.28 bits per heavy atom. The van der Waals surface area contributed by atoms with Gasteiger partial charge < -0.3 is 9.84 Å². The van der Waals surface area contributed by atoms with E-state index in [0.29, 0.717) is 5.02 Å². The fourth-order valence-corrected chi connectivity index (χ4v) is 2.66. The molecule has 18 heavy (non-hydrogen) atoms. The van der Waals surface area contributed by atoms with Crippen molar-refractivity contribution in [1.29, 1.82) is 0 Å². The second-order valence-corrected chi connectivity index (χ2v) is 5.79. The maximum atomic E-state index is 9.76. The molecule has 1 N–H and O–H groups in total. The van der Waals surface area contributed by atoms with Gasteiger partial charge in [0.1, 0.15) is 5.75 Å². The first-order valence-corrected chi connectivity index (χ1v) is 7.08. The summed E-state index contributed by atoms with van der Waals surface area (Å²) in [7, 11) is 0. The SMILES string of the molecule is CC1CCC(Oc2ccc(Cl)cc2[C@@H](C)O)CC1. The number of benzene rings is 1. The molecule has 0 bridgehead atoms. The maximum absolute atomic E-state index is 9.76. The van der Waals surface area contributed by atoms with E-state index in [9.17, 15) is 5.11 Å². The summed E-state index contributed by atoms with van der Waals surface area (Å²) < 4.78 is 6.03. The molecule has 0 unspecified atom stereocenters. The Balaban J connectivity index is 2.09. The predicted octanol–water partition coefficient (Wildman–Crippen LogP) is 4.35. The van der Waals surface area contributed by atoms with Gasteiger partial charge in [-0.05, 0) is 56.7 Å². The van der Waals surface area contributed by atoms with E-state index in [0.717, 1.165) is 30.1 Å². The molecule has 1 saturated carbocycles. The van der Waals surface area contributed by atoms with Crippen molar-refractivity contribution in [3.8, 4) is 5.75 Å². The topological polar surface area (TPSA) is 29.5 Å². The fraction of sp³-hybridized carbons (Fsp3) is 0.600. The summed E-state index contributed by atoms with van der Waals surface area (Å²) in [4.78, 5) is 0. The number of rotatable bonds is 3. The van der Waals surface area contributed by atoms with Crippen LogP contribution in [0.1, 0.15) is 51.2 Å². The highest BCUT2D eigenvalue weighted by Gasteiger charge is 2.21. The van der Waals surface area contributed by atoms with Gasteiger partial charge in [0.2, 0.25) is 0 Å². The number of aliphatic hydroxyl groups excluding tert-OH is 1. The first kappa shape index (κ1) is 13.7. The first-order chi connectivity index (χ1) is 8.56. The molecular formula is C15H21ClO2. The van der Waals surface area contributed by atoms with Crippen LogP contribution >= 0.6 is 11.6 Å². The van der Waals surface area contributed by atoms with Crippen LogP contribution in [0.25, 0.3) is 0 Å². The number of ether oxygens (including phenoxy) is 1. The van der Waals surface area contributed by atoms with E-state index in [1.54, 1.807) is 13.0 Å². The number of aliphatic hydroxyl groups is 1. The largest absolute Gasteiger partial charge is 0.490 e. The molecule has 100 valence electrons.